The summed E-state index contributed by atoms with van der Waals surface area (Å²) in [5.41, 5.74) is 3.95. The van der Waals surface area contributed by atoms with Gasteiger partial charge in [-0.3, -0.25) is 14.2 Å². The van der Waals surface area contributed by atoms with Crippen LogP contribution in [0, 0.1) is 11.7 Å². The number of hydrogen-bond donors (Lipinski definition) is 2. The van der Waals surface area contributed by atoms with Crippen LogP contribution in [0.1, 0.15) is 30.7 Å². The van der Waals surface area contributed by atoms with E-state index in [1.807, 2.05) is 0 Å². The minimum Gasteiger partial charge on any atom is -0.492 e. The zero-order valence-electron chi connectivity index (χ0n) is 15.8. The molecule has 2 aliphatic carbocycles. The molecule has 4 atom stereocenters. The summed E-state index contributed by atoms with van der Waals surface area (Å²) in [6, 6.07) is 0. The summed E-state index contributed by atoms with van der Waals surface area (Å²) in [4.78, 5) is 28.4. The average Bonchev–Trinajstić information content (AvgIpc) is 3.55. The fraction of sp³-hybridized carbons (Fsp3) is 0.579. The number of aromatic amines is 1. The van der Waals surface area contributed by atoms with Gasteiger partial charge in [-0.1, -0.05) is 0 Å². The van der Waals surface area contributed by atoms with Crippen LogP contribution in [-0.4, -0.2) is 47.5 Å². The monoisotopic (exact) mass is 410 g/mol. The number of nitrogens with one attached hydrogen (secondary N) is 1. The molecule has 0 spiro atoms. The van der Waals surface area contributed by atoms with Gasteiger partial charge in [0.05, 0.1) is 18.8 Å². The van der Waals surface area contributed by atoms with E-state index in [2.05, 4.69) is 4.98 Å². The van der Waals surface area contributed by atoms with E-state index in [9.17, 15) is 18.4 Å². The van der Waals surface area contributed by atoms with Crippen molar-refractivity contribution in [2.24, 2.45) is 11.7 Å². The molecule has 1 saturated heterocycles. The number of alkyl halides is 2. The summed E-state index contributed by atoms with van der Waals surface area (Å²) in [6.45, 7) is -0.153. The fourth-order valence-electron chi connectivity index (χ4n) is 4.64. The Bertz CT molecular complexity index is 1130. The summed E-state index contributed by atoms with van der Waals surface area (Å²) in [7, 11) is 1.31. The van der Waals surface area contributed by atoms with Crippen LogP contribution in [0.3, 0.4) is 0 Å². The number of aromatic nitrogens is 2. The van der Waals surface area contributed by atoms with E-state index in [0.29, 0.717) is 5.56 Å². The first kappa shape index (κ1) is 18.5. The number of H-pyrrole nitrogens is 1. The van der Waals surface area contributed by atoms with Crippen molar-refractivity contribution in [3.63, 3.8) is 0 Å². The first-order chi connectivity index (χ1) is 13.8. The molecule has 2 aromatic rings. The molecule has 10 heteroatoms. The van der Waals surface area contributed by atoms with Crippen LogP contribution in [0.2, 0.25) is 0 Å². The van der Waals surface area contributed by atoms with Crippen molar-refractivity contribution in [1.29, 1.82) is 0 Å². The third-order valence-corrected chi connectivity index (χ3v) is 6.48. The lowest BCUT2D eigenvalue weighted by molar-refractivity contribution is 0.223. The SMILES string of the molecule is COc1c(N2CC(F)C(C3(N)CC3F)C2)c(F)cn2c(=O)[nH]c(=O)c(C3CC3)c12. The van der Waals surface area contributed by atoms with Crippen molar-refractivity contribution in [2.45, 2.75) is 43.1 Å². The summed E-state index contributed by atoms with van der Waals surface area (Å²) in [5.74, 6) is -1.62. The average molecular weight is 410 g/mol. The van der Waals surface area contributed by atoms with Crippen molar-refractivity contribution in [3.05, 3.63) is 38.4 Å². The summed E-state index contributed by atoms with van der Waals surface area (Å²) in [5, 5.41) is 0. The maximum atomic E-state index is 15.1. The Kier molecular flexibility index (Phi) is 3.84. The fourth-order valence-corrected chi connectivity index (χ4v) is 4.64. The van der Waals surface area contributed by atoms with Crippen molar-refractivity contribution in [2.75, 3.05) is 25.1 Å². The molecule has 0 radical (unpaired) electrons. The maximum Gasteiger partial charge on any atom is 0.333 e. The van der Waals surface area contributed by atoms with Gasteiger partial charge < -0.3 is 15.4 Å². The number of methoxy groups -OCH3 is 1. The van der Waals surface area contributed by atoms with Crippen LogP contribution >= 0.6 is 0 Å². The van der Waals surface area contributed by atoms with Crippen LogP contribution in [0.5, 0.6) is 5.75 Å². The smallest absolute Gasteiger partial charge is 0.333 e. The minimum absolute atomic E-state index is 0.00150. The number of rotatable bonds is 4. The molecule has 29 heavy (non-hydrogen) atoms. The van der Waals surface area contributed by atoms with Crippen LogP contribution in [0.15, 0.2) is 15.8 Å². The van der Waals surface area contributed by atoms with Gasteiger partial charge in [0.1, 0.15) is 23.5 Å². The van der Waals surface area contributed by atoms with Gasteiger partial charge in [0.25, 0.3) is 5.56 Å². The van der Waals surface area contributed by atoms with E-state index >= 15 is 4.39 Å². The lowest BCUT2D eigenvalue weighted by atomic mass is 9.95. The Hall–Kier alpha value is -2.49. The molecule has 0 amide bonds. The van der Waals surface area contributed by atoms with E-state index < -0.39 is 40.9 Å². The highest BCUT2D eigenvalue weighted by Crippen LogP contribution is 2.50. The van der Waals surface area contributed by atoms with Gasteiger partial charge in [0, 0.05) is 31.0 Å². The van der Waals surface area contributed by atoms with Crippen LogP contribution in [0.4, 0.5) is 18.9 Å². The molecule has 2 aromatic heterocycles. The molecule has 2 saturated carbocycles. The lowest BCUT2D eigenvalue weighted by Gasteiger charge is -2.24. The van der Waals surface area contributed by atoms with Crippen LogP contribution in [0.25, 0.3) is 5.52 Å². The highest BCUT2D eigenvalue weighted by Gasteiger charge is 2.61. The Balaban J connectivity index is 1.69. The number of anilines is 1. The number of pyridine rings is 1. The van der Waals surface area contributed by atoms with Crippen molar-refractivity contribution in [1.82, 2.24) is 9.38 Å². The largest absolute Gasteiger partial charge is 0.492 e. The van der Waals surface area contributed by atoms with E-state index in [4.69, 9.17) is 10.5 Å². The third kappa shape index (κ3) is 2.61. The van der Waals surface area contributed by atoms with E-state index in [0.717, 1.165) is 23.4 Å². The molecule has 1 aliphatic heterocycles. The highest BCUT2D eigenvalue weighted by molar-refractivity contribution is 5.78. The molecule has 156 valence electrons. The molecule has 5 rings (SSSR count). The van der Waals surface area contributed by atoms with Gasteiger partial charge in [-0.05, 0) is 18.8 Å². The van der Waals surface area contributed by atoms with Gasteiger partial charge in [-0.25, -0.2) is 18.0 Å². The molecule has 3 fully saturated rings. The van der Waals surface area contributed by atoms with Gasteiger partial charge >= 0.3 is 5.69 Å². The third-order valence-electron chi connectivity index (χ3n) is 6.48. The molecule has 3 heterocycles. The maximum absolute atomic E-state index is 15.1. The Morgan fingerprint density at radius 3 is 2.55 bits per heavy atom. The van der Waals surface area contributed by atoms with Crippen molar-refractivity contribution in [3.8, 4) is 5.75 Å². The number of nitrogens with zero attached hydrogens (tertiary/aromatic N) is 2. The second-order valence-corrected chi connectivity index (χ2v) is 8.34. The minimum atomic E-state index is -1.43. The van der Waals surface area contributed by atoms with Gasteiger partial charge in [-0.15, -0.1) is 0 Å². The summed E-state index contributed by atoms with van der Waals surface area (Å²) < 4.78 is 50.0. The first-order valence-corrected chi connectivity index (χ1v) is 9.63. The quantitative estimate of drug-likeness (QED) is 0.791. The summed E-state index contributed by atoms with van der Waals surface area (Å²) >= 11 is 0. The molecule has 0 aromatic carbocycles. The van der Waals surface area contributed by atoms with Crippen molar-refractivity contribution >= 4 is 11.2 Å². The predicted octanol–water partition coefficient (Wildman–Crippen LogP) is 1.23. The van der Waals surface area contributed by atoms with E-state index in [-0.39, 0.29) is 42.4 Å². The Labute approximate surface area is 163 Å². The van der Waals surface area contributed by atoms with Crippen LogP contribution in [-0.2, 0) is 0 Å². The standard InChI is InChI=1S/C19H21F3N4O3/c1-29-16-14(25-5-9(10(20)6-25)19(23)4-12(19)22)11(21)7-26-15(16)13(8-2-3-8)17(27)24-18(26)28/h7-10,12H,2-6,23H2,1H3,(H,24,27,28). The number of fused-ring (bicyclic) bond motifs is 1. The molecule has 3 N–H and O–H groups in total. The molecule has 4 unspecified atom stereocenters. The first-order valence-electron chi connectivity index (χ1n) is 9.63. The number of halogens is 3. The van der Waals surface area contributed by atoms with Gasteiger partial charge in [-0.2, -0.15) is 0 Å². The second kappa shape index (κ2) is 6.01. The van der Waals surface area contributed by atoms with Gasteiger partial charge in [0.15, 0.2) is 11.6 Å². The van der Waals surface area contributed by atoms with E-state index in [1.54, 1.807) is 0 Å². The summed E-state index contributed by atoms with van der Waals surface area (Å²) in [6.07, 6.45) is -0.0827. The number of nitrogens with two attached hydrogens (primary N) is 1. The normalized spacial score (nSPS) is 31.5. The van der Waals surface area contributed by atoms with Crippen molar-refractivity contribution < 1.29 is 17.9 Å². The molecule has 7 nitrogen and oxygen atoms in total. The molecule has 3 aliphatic rings. The Morgan fingerprint density at radius 2 is 1.97 bits per heavy atom. The second-order valence-electron chi connectivity index (χ2n) is 8.34. The zero-order valence-corrected chi connectivity index (χ0v) is 15.8. The van der Waals surface area contributed by atoms with Crippen LogP contribution < -0.4 is 26.6 Å². The van der Waals surface area contributed by atoms with Gasteiger partial charge in [0.2, 0.25) is 0 Å². The lowest BCUT2D eigenvalue weighted by Crippen LogP contribution is -2.41. The highest BCUT2D eigenvalue weighted by atomic mass is 19.1. The zero-order chi connectivity index (χ0) is 20.7. The Morgan fingerprint density at radius 1 is 1.28 bits per heavy atom. The molecular weight excluding hydrogens is 389 g/mol. The molecule has 0 bridgehead atoms. The predicted molar refractivity (Wildman–Crippen MR) is 99.8 cm³/mol. The number of hydrogen-bond acceptors (Lipinski definition) is 5. The molecular formula is C19H21F3N4O3. The number of ether oxygens (including phenoxy) is 1. The van der Waals surface area contributed by atoms with E-state index in [1.165, 1.54) is 12.0 Å². The topological polar surface area (TPSA) is 92.8 Å².